The Morgan fingerprint density at radius 2 is 2.25 bits per heavy atom. The molecule has 66 valence electrons. The molecule has 1 aromatic rings. The minimum absolute atomic E-state index is 0.507. The molecule has 2 rings (SSSR count). The molecule has 0 aromatic carbocycles. The summed E-state index contributed by atoms with van der Waals surface area (Å²) in [5.74, 6) is 0. The molecule has 0 radical (unpaired) electrons. The van der Waals surface area contributed by atoms with Gasteiger partial charge in [0.25, 0.3) is 6.43 Å². The normalized spacial score (nSPS) is 20.0. The molecule has 1 aromatic heterocycles. The van der Waals surface area contributed by atoms with Crippen molar-refractivity contribution in [1.29, 1.82) is 0 Å². The lowest BCUT2D eigenvalue weighted by atomic mass is 10.3. The first-order valence-corrected chi connectivity index (χ1v) is 3.83. The summed E-state index contributed by atoms with van der Waals surface area (Å²) < 4.78 is 26.3. The van der Waals surface area contributed by atoms with Gasteiger partial charge in [-0.15, -0.1) is 5.10 Å². The van der Waals surface area contributed by atoms with Gasteiger partial charge >= 0.3 is 0 Å². The fourth-order valence-electron chi connectivity index (χ4n) is 1.24. The van der Waals surface area contributed by atoms with E-state index in [9.17, 15) is 8.78 Å². The maximum Gasteiger partial charge on any atom is 0.263 e. The third-order valence-electron chi connectivity index (χ3n) is 2.23. The van der Waals surface area contributed by atoms with E-state index >= 15 is 0 Å². The smallest absolute Gasteiger partial charge is 0.240 e. The molecule has 0 unspecified atom stereocenters. The van der Waals surface area contributed by atoms with Gasteiger partial charge in [-0.1, -0.05) is 5.21 Å². The molecule has 0 spiro atoms. The van der Waals surface area contributed by atoms with E-state index in [0.29, 0.717) is 18.5 Å². The van der Waals surface area contributed by atoms with Gasteiger partial charge < -0.3 is 0 Å². The second-order valence-corrected chi connectivity index (χ2v) is 3.21. The lowest BCUT2D eigenvalue weighted by Gasteiger charge is -2.12. The monoisotopic (exact) mass is 173 g/mol. The molecule has 1 saturated carbocycles. The molecule has 0 atom stereocenters. The zero-order valence-electron chi connectivity index (χ0n) is 6.67. The van der Waals surface area contributed by atoms with Crippen LogP contribution in [0.4, 0.5) is 8.78 Å². The maximum atomic E-state index is 12.5. The van der Waals surface area contributed by atoms with Crippen LogP contribution in [0.25, 0.3) is 0 Å². The van der Waals surface area contributed by atoms with Crippen LogP contribution in [0.1, 0.15) is 18.5 Å². The molecule has 1 aliphatic carbocycles. The Morgan fingerprint density at radius 3 is 2.58 bits per heavy atom. The van der Waals surface area contributed by atoms with E-state index in [4.69, 9.17) is 0 Å². The van der Waals surface area contributed by atoms with Gasteiger partial charge in [0.15, 0.2) is 0 Å². The average Bonchev–Trinajstić information content (AvgIpc) is 2.71. The fourth-order valence-corrected chi connectivity index (χ4v) is 1.24. The number of hydrogen-bond donors (Lipinski definition) is 0. The first kappa shape index (κ1) is 7.64. The van der Waals surface area contributed by atoms with Gasteiger partial charge in [-0.2, -0.15) is 0 Å². The quantitative estimate of drug-likeness (QED) is 0.675. The minimum Gasteiger partial charge on any atom is -0.240 e. The standard InChI is InChI=1S/C7H9F2N3/c1-5-4-12(11-10-5)7(2-3-7)6(8)9/h4,6H,2-3H2,1H3. The molecule has 1 aliphatic rings. The van der Waals surface area contributed by atoms with Crippen LogP contribution in [0.5, 0.6) is 0 Å². The average molecular weight is 173 g/mol. The zero-order chi connectivity index (χ0) is 8.77. The highest BCUT2D eigenvalue weighted by Gasteiger charge is 2.54. The minimum atomic E-state index is -2.33. The van der Waals surface area contributed by atoms with Crippen LogP contribution >= 0.6 is 0 Å². The molecule has 3 nitrogen and oxygen atoms in total. The van der Waals surface area contributed by atoms with Crippen molar-refractivity contribution in [3.05, 3.63) is 11.9 Å². The Labute approximate surface area is 68.4 Å². The Morgan fingerprint density at radius 1 is 1.58 bits per heavy atom. The van der Waals surface area contributed by atoms with Crippen molar-refractivity contribution in [2.45, 2.75) is 31.7 Å². The second kappa shape index (κ2) is 2.24. The highest BCUT2D eigenvalue weighted by molar-refractivity contribution is 5.04. The Balaban J connectivity index is 2.30. The third-order valence-corrected chi connectivity index (χ3v) is 2.23. The van der Waals surface area contributed by atoms with Gasteiger partial charge in [0.2, 0.25) is 0 Å². The summed E-state index contributed by atoms with van der Waals surface area (Å²) in [7, 11) is 0. The van der Waals surface area contributed by atoms with Crippen LogP contribution in [0.15, 0.2) is 6.20 Å². The predicted molar refractivity (Wildman–Crippen MR) is 38.0 cm³/mol. The van der Waals surface area contributed by atoms with E-state index in [1.807, 2.05) is 0 Å². The number of aromatic nitrogens is 3. The van der Waals surface area contributed by atoms with Crippen molar-refractivity contribution in [2.75, 3.05) is 0 Å². The van der Waals surface area contributed by atoms with Gasteiger partial charge in [-0.3, -0.25) is 0 Å². The summed E-state index contributed by atoms with van der Waals surface area (Å²) in [4.78, 5) is 0. The number of nitrogens with zero attached hydrogens (tertiary/aromatic N) is 3. The summed E-state index contributed by atoms with van der Waals surface area (Å²) in [6.45, 7) is 1.74. The van der Waals surface area contributed by atoms with Crippen LogP contribution in [0.3, 0.4) is 0 Å². The number of alkyl halides is 2. The van der Waals surface area contributed by atoms with Crippen LogP contribution in [0, 0.1) is 6.92 Å². The topological polar surface area (TPSA) is 30.7 Å². The molecular formula is C7H9F2N3. The molecule has 0 saturated heterocycles. The van der Waals surface area contributed by atoms with Crippen molar-refractivity contribution in [3.8, 4) is 0 Å². The maximum absolute atomic E-state index is 12.5. The first-order valence-electron chi connectivity index (χ1n) is 3.83. The number of halogens is 2. The van der Waals surface area contributed by atoms with Crippen LogP contribution in [-0.2, 0) is 5.54 Å². The van der Waals surface area contributed by atoms with E-state index < -0.39 is 12.0 Å². The molecule has 5 heteroatoms. The summed E-state index contributed by atoms with van der Waals surface area (Å²) in [5, 5.41) is 7.34. The molecule has 12 heavy (non-hydrogen) atoms. The number of aryl methyl sites for hydroxylation is 1. The Hall–Kier alpha value is -1.00. The lowest BCUT2D eigenvalue weighted by Crippen LogP contribution is -2.26. The largest absolute Gasteiger partial charge is 0.263 e. The van der Waals surface area contributed by atoms with Gasteiger partial charge in [0.05, 0.1) is 5.69 Å². The van der Waals surface area contributed by atoms with E-state index in [1.165, 1.54) is 4.68 Å². The summed E-state index contributed by atoms with van der Waals surface area (Å²) >= 11 is 0. The van der Waals surface area contributed by atoms with Gasteiger partial charge in [-0.05, 0) is 19.8 Å². The SMILES string of the molecule is Cc1cn(C2(C(F)F)CC2)nn1. The summed E-state index contributed by atoms with van der Waals surface area (Å²) in [6, 6.07) is 0. The van der Waals surface area contributed by atoms with Gasteiger partial charge in [0, 0.05) is 6.20 Å². The molecule has 0 bridgehead atoms. The van der Waals surface area contributed by atoms with Crippen molar-refractivity contribution in [3.63, 3.8) is 0 Å². The van der Waals surface area contributed by atoms with E-state index in [0.717, 1.165) is 0 Å². The summed E-state index contributed by atoms with van der Waals surface area (Å²) in [6.07, 6.45) is 0.249. The highest BCUT2D eigenvalue weighted by atomic mass is 19.3. The van der Waals surface area contributed by atoms with Gasteiger partial charge in [-0.25, -0.2) is 13.5 Å². The van der Waals surface area contributed by atoms with E-state index in [1.54, 1.807) is 13.1 Å². The van der Waals surface area contributed by atoms with Crippen LogP contribution < -0.4 is 0 Å². The molecule has 1 heterocycles. The summed E-state index contributed by atoms with van der Waals surface area (Å²) in [5.41, 5.74) is -0.344. The molecule has 1 fully saturated rings. The highest BCUT2D eigenvalue weighted by Crippen LogP contribution is 2.47. The number of hydrogen-bond acceptors (Lipinski definition) is 2. The van der Waals surface area contributed by atoms with Crippen LogP contribution in [-0.4, -0.2) is 21.4 Å². The van der Waals surface area contributed by atoms with E-state index in [-0.39, 0.29) is 0 Å². The third kappa shape index (κ3) is 0.922. The lowest BCUT2D eigenvalue weighted by molar-refractivity contribution is 0.0593. The molecule has 0 amide bonds. The fraction of sp³-hybridized carbons (Fsp3) is 0.714. The molecule has 0 aliphatic heterocycles. The zero-order valence-corrected chi connectivity index (χ0v) is 6.67. The predicted octanol–water partition coefficient (Wildman–Crippen LogP) is 1.34. The van der Waals surface area contributed by atoms with E-state index in [2.05, 4.69) is 10.3 Å². The van der Waals surface area contributed by atoms with Crippen LogP contribution in [0.2, 0.25) is 0 Å². The molecular weight excluding hydrogens is 164 g/mol. The Kier molecular flexibility index (Phi) is 1.43. The van der Waals surface area contributed by atoms with Crippen molar-refractivity contribution in [1.82, 2.24) is 15.0 Å². The van der Waals surface area contributed by atoms with Gasteiger partial charge in [0.1, 0.15) is 5.54 Å². The van der Waals surface area contributed by atoms with Crippen molar-refractivity contribution < 1.29 is 8.78 Å². The van der Waals surface area contributed by atoms with Crippen molar-refractivity contribution >= 4 is 0 Å². The van der Waals surface area contributed by atoms with Crippen molar-refractivity contribution in [2.24, 2.45) is 0 Å². The Bertz CT molecular complexity index is 291. The number of rotatable bonds is 2. The first-order chi connectivity index (χ1) is 5.65. The molecule has 0 N–H and O–H groups in total. The second-order valence-electron chi connectivity index (χ2n) is 3.21.